The van der Waals surface area contributed by atoms with E-state index < -0.39 is 0 Å². The third-order valence-electron chi connectivity index (χ3n) is 3.53. The molecular weight excluding hydrogens is 250 g/mol. The molecule has 0 saturated carbocycles. The quantitative estimate of drug-likeness (QED) is 0.877. The predicted molar refractivity (Wildman–Crippen MR) is 81.9 cm³/mol. The number of nitrogens with one attached hydrogen (secondary N) is 1. The summed E-state index contributed by atoms with van der Waals surface area (Å²) in [5, 5.41) is 3.44. The molecule has 2 aromatic rings. The van der Waals surface area contributed by atoms with Gasteiger partial charge in [-0.2, -0.15) is 0 Å². The van der Waals surface area contributed by atoms with Gasteiger partial charge in [-0.25, -0.2) is 4.98 Å². The number of aryl methyl sites for hydroxylation is 1. The van der Waals surface area contributed by atoms with Crippen LogP contribution in [0.1, 0.15) is 36.8 Å². The Kier molecular flexibility index (Phi) is 4.79. The van der Waals surface area contributed by atoms with E-state index in [9.17, 15) is 0 Å². The van der Waals surface area contributed by atoms with Gasteiger partial charge in [0.2, 0.25) is 0 Å². The van der Waals surface area contributed by atoms with Crippen LogP contribution in [0.3, 0.4) is 0 Å². The van der Waals surface area contributed by atoms with E-state index in [1.54, 1.807) is 6.26 Å². The summed E-state index contributed by atoms with van der Waals surface area (Å²) in [5.74, 6) is 1.98. The van der Waals surface area contributed by atoms with E-state index in [1.165, 1.54) is 11.1 Å². The average molecular weight is 273 g/mol. The van der Waals surface area contributed by atoms with Crippen LogP contribution < -0.4 is 10.2 Å². The van der Waals surface area contributed by atoms with Crippen molar-refractivity contribution in [1.82, 2.24) is 10.3 Å². The number of rotatable bonds is 6. The lowest BCUT2D eigenvalue weighted by Crippen LogP contribution is -2.24. The first-order valence-corrected chi connectivity index (χ1v) is 7.05. The summed E-state index contributed by atoms with van der Waals surface area (Å²) in [4.78, 5) is 6.72. The molecule has 0 saturated heterocycles. The molecule has 0 aliphatic carbocycles. The highest BCUT2D eigenvalue weighted by Crippen LogP contribution is 2.24. The first-order valence-electron chi connectivity index (χ1n) is 7.05. The lowest BCUT2D eigenvalue weighted by molar-refractivity contribution is 0.529. The van der Waals surface area contributed by atoms with E-state index in [2.05, 4.69) is 42.2 Å². The third kappa shape index (κ3) is 3.20. The molecular formula is C16H23N3O. The largest absolute Gasteiger partial charge is 0.469 e. The second-order valence-electron chi connectivity index (χ2n) is 5.05. The second-order valence-corrected chi connectivity index (χ2v) is 5.05. The number of nitrogens with zero attached hydrogens (tertiary/aromatic N) is 2. The predicted octanol–water partition coefficient (Wildman–Crippen LogP) is 3.29. The highest BCUT2D eigenvalue weighted by atomic mass is 16.3. The van der Waals surface area contributed by atoms with E-state index in [-0.39, 0.29) is 6.04 Å². The van der Waals surface area contributed by atoms with Gasteiger partial charge in [-0.05, 0) is 32.5 Å². The first-order chi connectivity index (χ1) is 9.63. The van der Waals surface area contributed by atoms with Crippen molar-refractivity contribution in [2.45, 2.75) is 33.4 Å². The molecule has 0 spiro atoms. The van der Waals surface area contributed by atoms with Gasteiger partial charge in [-0.1, -0.05) is 13.0 Å². The van der Waals surface area contributed by atoms with Gasteiger partial charge in [0.15, 0.2) is 0 Å². The Balaban J connectivity index is 2.21. The van der Waals surface area contributed by atoms with Crippen molar-refractivity contribution in [2.24, 2.45) is 0 Å². The molecule has 2 aromatic heterocycles. The van der Waals surface area contributed by atoms with Crippen molar-refractivity contribution < 1.29 is 4.42 Å². The highest BCUT2D eigenvalue weighted by molar-refractivity contribution is 5.48. The molecule has 1 atom stereocenters. The third-order valence-corrected chi connectivity index (χ3v) is 3.53. The first kappa shape index (κ1) is 14.6. The SMILES string of the molecule is CCNC(C)c1cccnc1N(C)Cc1ccoc1C. The zero-order valence-corrected chi connectivity index (χ0v) is 12.7. The molecule has 2 heterocycles. The minimum absolute atomic E-state index is 0.289. The van der Waals surface area contributed by atoms with E-state index in [4.69, 9.17) is 4.42 Å². The van der Waals surface area contributed by atoms with Crippen LogP contribution in [-0.2, 0) is 6.54 Å². The summed E-state index contributed by atoms with van der Waals surface area (Å²) in [6.07, 6.45) is 3.58. The van der Waals surface area contributed by atoms with Crippen molar-refractivity contribution in [1.29, 1.82) is 0 Å². The van der Waals surface area contributed by atoms with Crippen LogP contribution in [0.25, 0.3) is 0 Å². The molecule has 4 heteroatoms. The van der Waals surface area contributed by atoms with E-state index >= 15 is 0 Å². The van der Waals surface area contributed by atoms with Crippen LogP contribution in [-0.4, -0.2) is 18.6 Å². The molecule has 20 heavy (non-hydrogen) atoms. The Morgan fingerprint density at radius 3 is 2.85 bits per heavy atom. The molecule has 0 aliphatic heterocycles. The standard InChI is InChI=1S/C16H23N3O/c1-5-17-12(2)15-7-6-9-18-16(15)19(4)11-14-8-10-20-13(14)3/h6-10,12,17H,5,11H2,1-4H3. The topological polar surface area (TPSA) is 41.3 Å². The fraction of sp³-hybridized carbons (Fsp3) is 0.438. The lowest BCUT2D eigenvalue weighted by atomic mass is 10.1. The van der Waals surface area contributed by atoms with Gasteiger partial charge < -0.3 is 14.6 Å². The number of furan rings is 1. The summed E-state index contributed by atoms with van der Waals surface area (Å²) < 4.78 is 5.36. The maximum absolute atomic E-state index is 5.36. The summed E-state index contributed by atoms with van der Waals surface area (Å²) in [5.41, 5.74) is 2.42. The van der Waals surface area contributed by atoms with Crippen molar-refractivity contribution in [3.63, 3.8) is 0 Å². The maximum Gasteiger partial charge on any atom is 0.133 e. The zero-order chi connectivity index (χ0) is 14.5. The molecule has 2 rings (SSSR count). The monoisotopic (exact) mass is 273 g/mol. The highest BCUT2D eigenvalue weighted by Gasteiger charge is 2.15. The normalized spacial score (nSPS) is 12.4. The summed E-state index contributed by atoms with van der Waals surface area (Å²) in [7, 11) is 2.07. The van der Waals surface area contributed by atoms with Crippen molar-refractivity contribution in [3.8, 4) is 0 Å². The lowest BCUT2D eigenvalue weighted by Gasteiger charge is -2.24. The summed E-state index contributed by atoms with van der Waals surface area (Å²) >= 11 is 0. The van der Waals surface area contributed by atoms with E-state index in [1.807, 2.05) is 25.3 Å². The summed E-state index contributed by atoms with van der Waals surface area (Å²) in [6.45, 7) is 8.01. The smallest absolute Gasteiger partial charge is 0.133 e. The molecule has 0 fully saturated rings. The molecule has 1 unspecified atom stereocenters. The molecule has 108 valence electrons. The van der Waals surface area contributed by atoms with Crippen LogP contribution >= 0.6 is 0 Å². The minimum Gasteiger partial charge on any atom is -0.469 e. The van der Waals surface area contributed by atoms with Crippen LogP contribution in [0.4, 0.5) is 5.82 Å². The van der Waals surface area contributed by atoms with Crippen LogP contribution in [0.2, 0.25) is 0 Å². The summed E-state index contributed by atoms with van der Waals surface area (Å²) in [6, 6.07) is 6.43. The van der Waals surface area contributed by atoms with Crippen LogP contribution in [0.5, 0.6) is 0 Å². The number of hydrogen-bond acceptors (Lipinski definition) is 4. The number of pyridine rings is 1. The van der Waals surface area contributed by atoms with Crippen molar-refractivity contribution in [2.75, 3.05) is 18.5 Å². The number of anilines is 1. The van der Waals surface area contributed by atoms with Gasteiger partial charge in [0.1, 0.15) is 11.6 Å². The molecule has 0 aliphatic rings. The number of aromatic nitrogens is 1. The van der Waals surface area contributed by atoms with E-state index in [0.29, 0.717) is 0 Å². The molecule has 4 nitrogen and oxygen atoms in total. The van der Waals surface area contributed by atoms with Gasteiger partial charge in [0.05, 0.1) is 6.26 Å². The van der Waals surface area contributed by atoms with Crippen LogP contribution in [0, 0.1) is 6.92 Å². The Hall–Kier alpha value is -1.81. The van der Waals surface area contributed by atoms with Gasteiger partial charge in [0.25, 0.3) is 0 Å². The van der Waals surface area contributed by atoms with Gasteiger partial charge in [-0.15, -0.1) is 0 Å². The van der Waals surface area contributed by atoms with Gasteiger partial charge >= 0.3 is 0 Å². The molecule has 1 N–H and O–H groups in total. The Morgan fingerprint density at radius 2 is 2.20 bits per heavy atom. The van der Waals surface area contributed by atoms with Crippen molar-refractivity contribution >= 4 is 5.82 Å². The fourth-order valence-electron chi connectivity index (χ4n) is 2.39. The molecule has 0 amide bonds. The Labute approximate surface area is 120 Å². The Bertz CT molecular complexity index is 550. The van der Waals surface area contributed by atoms with Gasteiger partial charge in [-0.3, -0.25) is 0 Å². The van der Waals surface area contributed by atoms with Crippen molar-refractivity contribution in [3.05, 3.63) is 47.5 Å². The van der Waals surface area contributed by atoms with Crippen LogP contribution in [0.15, 0.2) is 35.1 Å². The zero-order valence-electron chi connectivity index (χ0n) is 12.7. The second kappa shape index (κ2) is 6.57. The average Bonchev–Trinajstić information content (AvgIpc) is 2.84. The number of hydrogen-bond donors (Lipinski definition) is 1. The van der Waals surface area contributed by atoms with E-state index in [0.717, 1.165) is 24.7 Å². The molecule has 0 aromatic carbocycles. The minimum atomic E-state index is 0.289. The fourth-order valence-corrected chi connectivity index (χ4v) is 2.39. The molecule has 0 bridgehead atoms. The maximum atomic E-state index is 5.36. The van der Waals surface area contributed by atoms with Gasteiger partial charge in [0, 0.05) is 37.0 Å². The Morgan fingerprint density at radius 1 is 1.40 bits per heavy atom. The molecule has 0 radical (unpaired) electrons.